The summed E-state index contributed by atoms with van der Waals surface area (Å²) in [5.41, 5.74) is 4.44. The van der Waals surface area contributed by atoms with E-state index in [1.54, 1.807) is 0 Å². The van der Waals surface area contributed by atoms with E-state index in [9.17, 15) is 4.79 Å². The molecule has 2 nitrogen and oxygen atoms in total. The van der Waals surface area contributed by atoms with Crippen LogP contribution in [0.5, 0.6) is 0 Å². The fourth-order valence-corrected chi connectivity index (χ4v) is 4.56. The van der Waals surface area contributed by atoms with Crippen LogP contribution in [0.3, 0.4) is 0 Å². The van der Waals surface area contributed by atoms with Crippen LogP contribution in [0.1, 0.15) is 31.2 Å². The van der Waals surface area contributed by atoms with Crippen molar-refractivity contribution < 1.29 is 9.53 Å². The molecule has 0 bridgehead atoms. The third-order valence-electron chi connectivity index (χ3n) is 5.73. The highest BCUT2D eigenvalue weighted by atomic mass is 16.6. The summed E-state index contributed by atoms with van der Waals surface area (Å²) in [6.45, 7) is 8.56. The molecular formula is C21H22O2. The zero-order valence-corrected chi connectivity index (χ0v) is 13.3. The second-order valence-corrected chi connectivity index (χ2v) is 7.01. The molecule has 1 aromatic rings. The van der Waals surface area contributed by atoms with Crippen molar-refractivity contribution in [3.05, 3.63) is 65.8 Å². The molecule has 118 valence electrons. The first kappa shape index (κ1) is 14.5. The Balaban J connectivity index is 1.72. The lowest BCUT2D eigenvalue weighted by molar-refractivity contribution is -0.140. The van der Waals surface area contributed by atoms with Gasteiger partial charge in [-0.3, -0.25) is 0 Å². The molecule has 23 heavy (non-hydrogen) atoms. The van der Waals surface area contributed by atoms with Crippen LogP contribution in [0.2, 0.25) is 0 Å². The highest BCUT2D eigenvalue weighted by Crippen LogP contribution is 2.52. The molecule has 1 saturated heterocycles. The SMILES string of the molecule is C=C1CC[C@H]2C(=C)CC[C@H]3/C(=C\c4ccccc4)C(=O)O[C@@H]3[C@@H]12. The van der Waals surface area contributed by atoms with Crippen molar-refractivity contribution >= 4 is 12.0 Å². The lowest BCUT2D eigenvalue weighted by Crippen LogP contribution is -2.28. The summed E-state index contributed by atoms with van der Waals surface area (Å²) in [4.78, 5) is 12.5. The quantitative estimate of drug-likeness (QED) is 0.432. The number of hydrogen-bond acceptors (Lipinski definition) is 2. The second-order valence-electron chi connectivity index (χ2n) is 7.01. The van der Waals surface area contributed by atoms with E-state index in [-0.39, 0.29) is 23.9 Å². The van der Waals surface area contributed by atoms with Crippen molar-refractivity contribution in [3.63, 3.8) is 0 Å². The van der Waals surface area contributed by atoms with Crippen LogP contribution in [0.25, 0.3) is 6.08 Å². The topological polar surface area (TPSA) is 26.3 Å². The van der Waals surface area contributed by atoms with Gasteiger partial charge in [0.1, 0.15) is 6.10 Å². The summed E-state index contributed by atoms with van der Waals surface area (Å²) >= 11 is 0. The third-order valence-corrected chi connectivity index (χ3v) is 5.73. The van der Waals surface area contributed by atoms with Gasteiger partial charge in [-0.05, 0) is 43.2 Å². The molecule has 2 saturated carbocycles. The number of ether oxygens (including phenoxy) is 1. The average Bonchev–Trinajstić information content (AvgIpc) is 3.03. The molecule has 0 unspecified atom stereocenters. The summed E-state index contributed by atoms with van der Waals surface area (Å²) in [6, 6.07) is 10.0. The first-order valence-corrected chi connectivity index (χ1v) is 8.48. The highest BCUT2D eigenvalue weighted by Gasteiger charge is 2.50. The molecule has 3 aliphatic rings. The number of esters is 1. The van der Waals surface area contributed by atoms with Crippen LogP contribution in [0.15, 0.2) is 60.2 Å². The molecule has 2 aliphatic carbocycles. The van der Waals surface area contributed by atoms with Crippen molar-refractivity contribution in [2.24, 2.45) is 17.8 Å². The molecule has 1 aliphatic heterocycles. The molecular weight excluding hydrogens is 284 g/mol. The predicted molar refractivity (Wildman–Crippen MR) is 91.5 cm³/mol. The molecule has 0 spiro atoms. The Kier molecular flexibility index (Phi) is 3.48. The zero-order chi connectivity index (χ0) is 16.0. The van der Waals surface area contributed by atoms with E-state index in [1.807, 2.05) is 36.4 Å². The Morgan fingerprint density at radius 1 is 1.00 bits per heavy atom. The van der Waals surface area contributed by atoms with E-state index < -0.39 is 0 Å². The molecule has 0 amide bonds. The number of carbonyl (C=O) groups excluding carboxylic acids is 1. The molecule has 3 fully saturated rings. The first-order chi connectivity index (χ1) is 11.1. The van der Waals surface area contributed by atoms with Gasteiger partial charge in [-0.1, -0.05) is 54.6 Å². The Morgan fingerprint density at radius 3 is 2.48 bits per heavy atom. The van der Waals surface area contributed by atoms with E-state index >= 15 is 0 Å². The van der Waals surface area contributed by atoms with Gasteiger partial charge in [-0.15, -0.1) is 0 Å². The molecule has 1 heterocycles. The Bertz CT molecular complexity index is 698. The molecule has 4 atom stereocenters. The van der Waals surface area contributed by atoms with Gasteiger partial charge in [0.05, 0.1) is 0 Å². The minimum absolute atomic E-state index is 0.0447. The summed E-state index contributed by atoms with van der Waals surface area (Å²) in [6.07, 6.45) is 6.05. The number of fused-ring (bicyclic) bond motifs is 3. The number of hydrogen-bond donors (Lipinski definition) is 0. The monoisotopic (exact) mass is 306 g/mol. The predicted octanol–water partition coefficient (Wildman–Crippen LogP) is 4.54. The van der Waals surface area contributed by atoms with Gasteiger partial charge in [0.15, 0.2) is 0 Å². The Morgan fingerprint density at radius 2 is 1.70 bits per heavy atom. The van der Waals surface area contributed by atoms with Crippen molar-refractivity contribution in [1.82, 2.24) is 0 Å². The van der Waals surface area contributed by atoms with E-state index in [2.05, 4.69) is 13.2 Å². The number of carbonyl (C=O) groups is 1. The maximum absolute atomic E-state index is 12.5. The smallest absolute Gasteiger partial charge is 0.334 e. The molecule has 4 rings (SSSR count). The molecule has 0 N–H and O–H groups in total. The molecule has 0 aromatic heterocycles. The second kappa shape index (κ2) is 5.52. The lowest BCUT2D eigenvalue weighted by atomic mass is 9.81. The normalized spacial score (nSPS) is 35.0. The maximum atomic E-state index is 12.5. The van der Waals surface area contributed by atoms with E-state index in [4.69, 9.17) is 4.74 Å². The summed E-state index contributed by atoms with van der Waals surface area (Å²) < 4.78 is 5.85. The van der Waals surface area contributed by atoms with Gasteiger partial charge in [-0.25, -0.2) is 4.79 Å². The van der Waals surface area contributed by atoms with Gasteiger partial charge in [0, 0.05) is 17.4 Å². The minimum Gasteiger partial charge on any atom is -0.458 e. The summed E-state index contributed by atoms with van der Waals surface area (Å²) in [7, 11) is 0. The Labute approximate surface area is 137 Å². The minimum atomic E-state index is -0.144. The van der Waals surface area contributed by atoms with Gasteiger partial charge >= 0.3 is 5.97 Å². The Hall–Kier alpha value is -2.09. The van der Waals surface area contributed by atoms with Gasteiger partial charge in [0.2, 0.25) is 0 Å². The van der Waals surface area contributed by atoms with E-state index in [0.717, 1.165) is 36.8 Å². The van der Waals surface area contributed by atoms with Crippen molar-refractivity contribution in [2.45, 2.75) is 31.8 Å². The number of rotatable bonds is 1. The summed E-state index contributed by atoms with van der Waals surface area (Å²) in [5, 5.41) is 0. The van der Waals surface area contributed by atoms with Gasteiger partial charge in [0.25, 0.3) is 0 Å². The van der Waals surface area contributed by atoms with E-state index in [1.165, 1.54) is 11.1 Å². The molecule has 1 aromatic carbocycles. The molecule has 2 heteroatoms. The van der Waals surface area contributed by atoms with Crippen molar-refractivity contribution in [3.8, 4) is 0 Å². The fourth-order valence-electron chi connectivity index (χ4n) is 4.56. The largest absolute Gasteiger partial charge is 0.458 e. The third kappa shape index (κ3) is 2.37. The standard InChI is InChI=1S/C21H22O2/c1-13-8-11-17-18(12-15-6-4-3-5-7-15)21(22)23-20(17)19-14(2)9-10-16(13)19/h3-7,12,16-17,19-20H,1-2,8-11H2/b18-12+/t16-,17-,19-,20-/m0/s1. The lowest BCUT2D eigenvalue weighted by Gasteiger charge is -2.26. The van der Waals surface area contributed by atoms with Crippen LogP contribution in [0.4, 0.5) is 0 Å². The van der Waals surface area contributed by atoms with Gasteiger partial charge < -0.3 is 4.74 Å². The van der Waals surface area contributed by atoms with Crippen molar-refractivity contribution in [2.75, 3.05) is 0 Å². The number of allylic oxidation sites excluding steroid dienone is 1. The average molecular weight is 306 g/mol. The van der Waals surface area contributed by atoms with E-state index in [0.29, 0.717) is 5.92 Å². The highest BCUT2D eigenvalue weighted by molar-refractivity contribution is 5.96. The molecule has 0 radical (unpaired) electrons. The maximum Gasteiger partial charge on any atom is 0.334 e. The fraction of sp³-hybridized carbons (Fsp3) is 0.381. The van der Waals surface area contributed by atoms with Crippen LogP contribution in [-0.4, -0.2) is 12.1 Å². The van der Waals surface area contributed by atoms with Gasteiger partial charge in [-0.2, -0.15) is 0 Å². The van der Waals surface area contributed by atoms with Crippen LogP contribution >= 0.6 is 0 Å². The van der Waals surface area contributed by atoms with Crippen molar-refractivity contribution in [1.29, 1.82) is 0 Å². The first-order valence-electron chi connectivity index (χ1n) is 8.48. The summed E-state index contributed by atoms with van der Waals surface area (Å²) in [5.74, 6) is 0.737. The zero-order valence-electron chi connectivity index (χ0n) is 13.3. The number of benzene rings is 1. The van der Waals surface area contributed by atoms with Crippen LogP contribution in [-0.2, 0) is 9.53 Å². The van der Waals surface area contributed by atoms with Crippen LogP contribution in [0, 0.1) is 17.8 Å². The van der Waals surface area contributed by atoms with Crippen LogP contribution < -0.4 is 0 Å².